The van der Waals surface area contributed by atoms with E-state index in [1.165, 1.54) is 49.5 Å². The molecule has 0 saturated carbocycles. The van der Waals surface area contributed by atoms with Crippen molar-refractivity contribution in [3.8, 4) is 0 Å². The maximum Gasteiger partial charge on any atom is 0.0732 e. The third-order valence-electron chi connectivity index (χ3n) is 6.30. The molecule has 3 heteroatoms. The van der Waals surface area contributed by atoms with Crippen LogP contribution in [-0.4, -0.2) is 16.1 Å². The third-order valence-corrected chi connectivity index (χ3v) is 6.30. The standard InChI is InChI=1S/C25H23N3/c1-2-28-22-10-6-4-8-18(22)20-15-16(11-12-23(20)28)24-25-19(13-14-26-24)17-7-3-5-9-21(17)27-25/h3-12,15,24,26-27H,2,13-14H2,1H3/t24-/m0/s1. The summed E-state index contributed by atoms with van der Waals surface area (Å²) in [5.41, 5.74) is 8.01. The highest BCUT2D eigenvalue weighted by Crippen LogP contribution is 2.36. The van der Waals surface area contributed by atoms with Crippen molar-refractivity contribution in [3.63, 3.8) is 0 Å². The number of para-hydroxylation sites is 2. The average Bonchev–Trinajstić information content (AvgIpc) is 3.28. The van der Waals surface area contributed by atoms with Gasteiger partial charge < -0.3 is 14.9 Å². The van der Waals surface area contributed by atoms with Gasteiger partial charge in [-0.2, -0.15) is 0 Å². The number of rotatable bonds is 2. The zero-order valence-corrected chi connectivity index (χ0v) is 16.0. The van der Waals surface area contributed by atoms with Gasteiger partial charge in [0.25, 0.3) is 0 Å². The van der Waals surface area contributed by atoms with Gasteiger partial charge in [0.2, 0.25) is 0 Å². The molecule has 3 heterocycles. The second-order valence-electron chi connectivity index (χ2n) is 7.74. The van der Waals surface area contributed by atoms with Crippen molar-refractivity contribution in [3.05, 3.63) is 83.6 Å². The van der Waals surface area contributed by atoms with Gasteiger partial charge in [-0.3, -0.25) is 0 Å². The Balaban J connectivity index is 1.57. The molecule has 0 radical (unpaired) electrons. The van der Waals surface area contributed by atoms with Crippen LogP contribution in [0.25, 0.3) is 32.7 Å². The summed E-state index contributed by atoms with van der Waals surface area (Å²) in [4.78, 5) is 3.70. The molecule has 2 N–H and O–H groups in total. The first-order chi connectivity index (χ1) is 13.8. The Bertz CT molecular complexity index is 1340. The largest absolute Gasteiger partial charge is 0.357 e. The highest BCUT2D eigenvalue weighted by atomic mass is 15.0. The number of hydrogen-bond donors (Lipinski definition) is 2. The lowest BCUT2D eigenvalue weighted by molar-refractivity contribution is 0.561. The van der Waals surface area contributed by atoms with Crippen LogP contribution in [0.15, 0.2) is 66.7 Å². The Kier molecular flexibility index (Phi) is 3.41. The zero-order valence-electron chi connectivity index (χ0n) is 16.0. The summed E-state index contributed by atoms with van der Waals surface area (Å²) in [7, 11) is 0. The van der Waals surface area contributed by atoms with E-state index in [0.29, 0.717) is 0 Å². The van der Waals surface area contributed by atoms with Crippen LogP contribution in [-0.2, 0) is 13.0 Å². The van der Waals surface area contributed by atoms with Crippen molar-refractivity contribution < 1.29 is 0 Å². The quantitative estimate of drug-likeness (QED) is 0.423. The molecule has 3 nitrogen and oxygen atoms in total. The Hall–Kier alpha value is -3.04. The summed E-state index contributed by atoms with van der Waals surface area (Å²) in [5.74, 6) is 0. The van der Waals surface area contributed by atoms with Gasteiger partial charge in [-0.1, -0.05) is 42.5 Å². The van der Waals surface area contributed by atoms with Crippen LogP contribution < -0.4 is 5.32 Å². The Labute approximate surface area is 164 Å². The third kappa shape index (κ3) is 2.14. The first-order valence-electron chi connectivity index (χ1n) is 10.2. The van der Waals surface area contributed by atoms with Crippen molar-refractivity contribution in [2.24, 2.45) is 0 Å². The minimum absolute atomic E-state index is 0.212. The summed E-state index contributed by atoms with van der Waals surface area (Å²) >= 11 is 0. The molecule has 5 aromatic rings. The summed E-state index contributed by atoms with van der Waals surface area (Å²) in [6.45, 7) is 4.21. The SMILES string of the molecule is CCn1c2ccccc2c2cc([C@@H]3NCCc4c3[nH]c3ccccc43)ccc21. The van der Waals surface area contributed by atoms with E-state index in [1.54, 1.807) is 0 Å². The topological polar surface area (TPSA) is 32.8 Å². The number of nitrogens with one attached hydrogen (secondary N) is 2. The minimum Gasteiger partial charge on any atom is -0.357 e. The molecule has 2 aromatic heterocycles. The van der Waals surface area contributed by atoms with Crippen LogP contribution in [0.5, 0.6) is 0 Å². The number of benzene rings is 3. The van der Waals surface area contributed by atoms with Gasteiger partial charge in [-0.25, -0.2) is 0 Å². The second kappa shape index (κ2) is 5.98. The maximum atomic E-state index is 3.75. The van der Waals surface area contributed by atoms with Crippen LogP contribution in [0.3, 0.4) is 0 Å². The van der Waals surface area contributed by atoms with E-state index in [0.717, 1.165) is 19.5 Å². The molecule has 0 aliphatic carbocycles. The lowest BCUT2D eigenvalue weighted by Gasteiger charge is -2.25. The van der Waals surface area contributed by atoms with E-state index in [1.807, 2.05) is 0 Å². The maximum absolute atomic E-state index is 3.75. The highest BCUT2D eigenvalue weighted by molar-refractivity contribution is 6.08. The van der Waals surface area contributed by atoms with Gasteiger partial charge in [0.15, 0.2) is 0 Å². The van der Waals surface area contributed by atoms with Gasteiger partial charge >= 0.3 is 0 Å². The van der Waals surface area contributed by atoms with Crippen molar-refractivity contribution >= 4 is 32.7 Å². The van der Waals surface area contributed by atoms with Gasteiger partial charge in [0, 0.05) is 51.5 Å². The summed E-state index contributed by atoms with van der Waals surface area (Å²) in [6, 6.07) is 24.6. The molecule has 1 aliphatic rings. The molecule has 28 heavy (non-hydrogen) atoms. The lowest BCUT2D eigenvalue weighted by Crippen LogP contribution is -2.30. The fourth-order valence-electron chi connectivity index (χ4n) is 5.06. The summed E-state index contributed by atoms with van der Waals surface area (Å²) in [5, 5.41) is 7.81. The molecule has 0 fully saturated rings. The summed E-state index contributed by atoms with van der Waals surface area (Å²) in [6.07, 6.45) is 1.08. The van der Waals surface area contributed by atoms with Crippen molar-refractivity contribution in [1.29, 1.82) is 0 Å². The Morgan fingerprint density at radius 3 is 2.57 bits per heavy atom. The van der Waals surface area contributed by atoms with Crippen LogP contribution >= 0.6 is 0 Å². The van der Waals surface area contributed by atoms with E-state index in [9.17, 15) is 0 Å². The number of aromatic amines is 1. The van der Waals surface area contributed by atoms with Crippen LogP contribution in [0.4, 0.5) is 0 Å². The number of H-pyrrole nitrogens is 1. The number of fused-ring (bicyclic) bond motifs is 6. The molecule has 0 saturated heterocycles. The first kappa shape index (κ1) is 16.0. The fraction of sp³-hybridized carbons (Fsp3) is 0.200. The van der Waals surface area contributed by atoms with E-state index in [2.05, 4.69) is 88.5 Å². The van der Waals surface area contributed by atoms with Crippen molar-refractivity contribution in [1.82, 2.24) is 14.9 Å². The van der Waals surface area contributed by atoms with Gasteiger partial charge in [-0.15, -0.1) is 0 Å². The molecule has 6 rings (SSSR count). The lowest BCUT2D eigenvalue weighted by atomic mass is 9.93. The van der Waals surface area contributed by atoms with E-state index in [-0.39, 0.29) is 6.04 Å². The molecule has 0 spiro atoms. The van der Waals surface area contributed by atoms with Gasteiger partial charge in [0.1, 0.15) is 0 Å². The number of hydrogen-bond acceptors (Lipinski definition) is 1. The van der Waals surface area contributed by atoms with Gasteiger partial charge in [-0.05, 0) is 48.7 Å². The molecule has 0 unspecified atom stereocenters. The molecule has 138 valence electrons. The molecule has 0 amide bonds. The van der Waals surface area contributed by atoms with Crippen LogP contribution in [0.2, 0.25) is 0 Å². The normalized spacial score (nSPS) is 16.8. The predicted octanol–water partition coefficient (Wildman–Crippen LogP) is 5.53. The second-order valence-corrected chi connectivity index (χ2v) is 7.74. The number of aromatic nitrogens is 2. The first-order valence-corrected chi connectivity index (χ1v) is 10.2. The minimum atomic E-state index is 0.212. The monoisotopic (exact) mass is 365 g/mol. The Morgan fingerprint density at radius 1 is 0.893 bits per heavy atom. The molecule has 1 atom stereocenters. The number of nitrogens with zero attached hydrogens (tertiary/aromatic N) is 1. The Morgan fingerprint density at radius 2 is 1.68 bits per heavy atom. The molecular formula is C25H23N3. The van der Waals surface area contributed by atoms with E-state index < -0.39 is 0 Å². The molecule has 0 bridgehead atoms. The summed E-state index contributed by atoms with van der Waals surface area (Å²) < 4.78 is 2.41. The molecule has 3 aromatic carbocycles. The van der Waals surface area contributed by atoms with E-state index in [4.69, 9.17) is 0 Å². The van der Waals surface area contributed by atoms with Gasteiger partial charge in [0.05, 0.1) is 6.04 Å². The van der Waals surface area contributed by atoms with Crippen molar-refractivity contribution in [2.45, 2.75) is 25.9 Å². The van der Waals surface area contributed by atoms with Crippen LogP contribution in [0, 0.1) is 0 Å². The van der Waals surface area contributed by atoms with Crippen LogP contribution in [0.1, 0.15) is 29.8 Å². The molecule has 1 aliphatic heterocycles. The van der Waals surface area contributed by atoms with Crippen molar-refractivity contribution in [2.75, 3.05) is 6.54 Å². The number of aryl methyl sites for hydroxylation is 1. The fourth-order valence-corrected chi connectivity index (χ4v) is 5.06. The predicted molar refractivity (Wildman–Crippen MR) is 117 cm³/mol. The zero-order chi connectivity index (χ0) is 18.7. The smallest absolute Gasteiger partial charge is 0.0732 e. The van der Waals surface area contributed by atoms with E-state index >= 15 is 0 Å². The highest BCUT2D eigenvalue weighted by Gasteiger charge is 2.25. The molecular weight excluding hydrogens is 342 g/mol. The average molecular weight is 365 g/mol.